The van der Waals surface area contributed by atoms with Gasteiger partial charge in [0.15, 0.2) is 0 Å². The second kappa shape index (κ2) is 6.50. The third-order valence-electron chi connectivity index (χ3n) is 4.90. The number of hydroxylamine groups is 1. The highest BCUT2D eigenvalue weighted by molar-refractivity contribution is 5.91. The maximum Gasteiger partial charge on any atom is 0.267 e. The van der Waals surface area contributed by atoms with Crippen LogP contribution in [0.25, 0.3) is 6.08 Å². The Morgan fingerprint density at radius 3 is 2.82 bits per heavy atom. The van der Waals surface area contributed by atoms with Crippen molar-refractivity contribution in [1.82, 2.24) is 10.8 Å². The molecule has 22 heavy (non-hydrogen) atoms. The van der Waals surface area contributed by atoms with Crippen LogP contribution in [0.5, 0.6) is 0 Å². The molecule has 3 rings (SSSR count). The van der Waals surface area contributed by atoms with E-state index in [0.29, 0.717) is 5.41 Å². The molecule has 0 aromatic heterocycles. The maximum atomic E-state index is 11.2. The summed E-state index contributed by atoms with van der Waals surface area (Å²) in [5, 5.41) is 12.0. The molecule has 1 aromatic rings. The van der Waals surface area contributed by atoms with Crippen molar-refractivity contribution in [3.05, 3.63) is 35.9 Å². The Morgan fingerprint density at radius 1 is 1.27 bits per heavy atom. The minimum absolute atomic E-state index is 0.449. The quantitative estimate of drug-likeness (QED) is 0.452. The van der Waals surface area contributed by atoms with E-state index in [0.717, 1.165) is 31.7 Å². The normalized spacial score (nSPS) is 20.7. The summed E-state index contributed by atoms with van der Waals surface area (Å²) >= 11 is 0. The minimum atomic E-state index is -0.508. The number of nitrogens with zero attached hydrogens (tertiary/aromatic N) is 1. The molecule has 2 fully saturated rings. The first-order valence-corrected chi connectivity index (χ1v) is 7.89. The molecule has 1 amide bonds. The Kier molecular flexibility index (Phi) is 4.45. The molecule has 5 heteroatoms. The van der Waals surface area contributed by atoms with Gasteiger partial charge in [-0.15, -0.1) is 0 Å². The lowest BCUT2D eigenvalue weighted by molar-refractivity contribution is -0.124. The van der Waals surface area contributed by atoms with Crippen molar-refractivity contribution in [1.29, 1.82) is 0 Å². The van der Waals surface area contributed by atoms with Crippen LogP contribution in [-0.4, -0.2) is 37.3 Å². The molecule has 118 valence electrons. The molecule has 2 saturated heterocycles. The molecular formula is C17H23N3O2. The summed E-state index contributed by atoms with van der Waals surface area (Å²) in [7, 11) is 0. The highest BCUT2D eigenvalue weighted by Crippen LogP contribution is 2.41. The van der Waals surface area contributed by atoms with Crippen molar-refractivity contribution in [3.63, 3.8) is 0 Å². The third-order valence-corrected chi connectivity index (χ3v) is 4.90. The van der Waals surface area contributed by atoms with Crippen molar-refractivity contribution >= 4 is 17.7 Å². The van der Waals surface area contributed by atoms with Gasteiger partial charge in [0.25, 0.3) is 5.91 Å². The summed E-state index contributed by atoms with van der Waals surface area (Å²) in [6.07, 6.45) is 6.84. The SMILES string of the molecule is O=C(C=Cc1ccccc1N1CCC2(CCNCC2)C1)NO. The zero-order chi connectivity index (χ0) is 15.4. The molecule has 1 spiro atoms. The first kappa shape index (κ1) is 15.1. The van der Waals surface area contributed by atoms with Gasteiger partial charge < -0.3 is 10.2 Å². The Bertz CT molecular complexity index is 565. The first-order chi connectivity index (χ1) is 10.7. The number of nitrogens with one attached hydrogen (secondary N) is 2. The fourth-order valence-corrected chi connectivity index (χ4v) is 3.63. The van der Waals surface area contributed by atoms with Gasteiger partial charge in [0, 0.05) is 24.9 Å². The number of para-hydroxylation sites is 1. The highest BCUT2D eigenvalue weighted by Gasteiger charge is 2.39. The predicted octanol–water partition coefficient (Wildman–Crippen LogP) is 1.79. The molecule has 2 aliphatic rings. The zero-order valence-corrected chi connectivity index (χ0v) is 12.7. The van der Waals surface area contributed by atoms with Crippen LogP contribution >= 0.6 is 0 Å². The fourth-order valence-electron chi connectivity index (χ4n) is 3.63. The lowest BCUT2D eigenvalue weighted by atomic mass is 9.78. The van der Waals surface area contributed by atoms with Gasteiger partial charge in [0.1, 0.15) is 0 Å². The molecular weight excluding hydrogens is 278 g/mol. The number of hydrogen-bond donors (Lipinski definition) is 3. The molecule has 0 unspecified atom stereocenters. The lowest BCUT2D eigenvalue weighted by Crippen LogP contribution is -2.38. The van der Waals surface area contributed by atoms with E-state index in [1.807, 2.05) is 18.2 Å². The van der Waals surface area contributed by atoms with Gasteiger partial charge in [-0.25, -0.2) is 5.48 Å². The van der Waals surface area contributed by atoms with Crippen molar-refractivity contribution < 1.29 is 10.0 Å². The fraction of sp³-hybridized carbons (Fsp3) is 0.471. The molecule has 0 bridgehead atoms. The number of hydrogen-bond acceptors (Lipinski definition) is 4. The molecule has 0 radical (unpaired) electrons. The van der Waals surface area contributed by atoms with Crippen LogP contribution in [0, 0.1) is 5.41 Å². The standard InChI is InChI=1S/C17H23N3O2/c21-16(19-22)6-5-14-3-1-2-4-15(14)20-12-9-17(13-20)7-10-18-11-8-17/h1-6,18,22H,7-13H2,(H,19,21). The van der Waals surface area contributed by atoms with E-state index < -0.39 is 5.91 Å². The van der Waals surface area contributed by atoms with E-state index in [9.17, 15) is 4.79 Å². The summed E-state index contributed by atoms with van der Waals surface area (Å²) in [4.78, 5) is 13.6. The summed E-state index contributed by atoms with van der Waals surface area (Å²) in [5.74, 6) is -0.508. The number of anilines is 1. The van der Waals surface area contributed by atoms with Gasteiger partial charge in [0.2, 0.25) is 0 Å². The highest BCUT2D eigenvalue weighted by atomic mass is 16.5. The van der Waals surface area contributed by atoms with Crippen LogP contribution in [0.3, 0.4) is 0 Å². The smallest absolute Gasteiger partial charge is 0.267 e. The monoisotopic (exact) mass is 301 g/mol. The number of carbonyl (C=O) groups excluding carboxylic acids is 1. The summed E-state index contributed by atoms with van der Waals surface area (Å²) < 4.78 is 0. The van der Waals surface area contributed by atoms with Crippen molar-refractivity contribution in [2.24, 2.45) is 5.41 Å². The van der Waals surface area contributed by atoms with Gasteiger partial charge in [-0.05, 0) is 55.5 Å². The zero-order valence-electron chi connectivity index (χ0n) is 12.7. The van der Waals surface area contributed by atoms with E-state index in [4.69, 9.17) is 5.21 Å². The minimum Gasteiger partial charge on any atom is -0.370 e. The van der Waals surface area contributed by atoms with Crippen LogP contribution in [0.4, 0.5) is 5.69 Å². The maximum absolute atomic E-state index is 11.2. The van der Waals surface area contributed by atoms with Crippen molar-refractivity contribution in [2.75, 3.05) is 31.1 Å². The molecule has 0 aliphatic carbocycles. The lowest BCUT2D eigenvalue weighted by Gasteiger charge is -2.34. The van der Waals surface area contributed by atoms with Crippen molar-refractivity contribution in [2.45, 2.75) is 19.3 Å². The molecule has 0 atom stereocenters. The predicted molar refractivity (Wildman–Crippen MR) is 86.8 cm³/mol. The molecule has 0 saturated carbocycles. The van der Waals surface area contributed by atoms with Gasteiger partial charge >= 0.3 is 0 Å². The van der Waals surface area contributed by atoms with Crippen LogP contribution in [0.1, 0.15) is 24.8 Å². The van der Waals surface area contributed by atoms with E-state index in [2.05, 4.69) is 16.3 Å². The number of benzene rings is 1. The molecule has 1 aromatic carbocycles. The van der Waals surface area contributed by atoms with Gasteiger partial charge in [-0.3, -0.25) is 10.0 Å². The largest absolute Gasteiger partial charge is 0.370 e. The van der Waals surface area contributed by atoms with Crippen LogP contribution in [0.15, 0.2) is 30.3 Å². The van der Waals surface area contributed by atoms with E-state index in [1.54, 1.807) is 11.6 Å². The van der Waals surface area contributed by atoms with Gasteiger partial charge in [-0.1, -0.05) is 18.2 Å². The average Bonchev–Trinajstić information content (AvgIpc) is 2.97. The Hall–Kier alpha value is -1.85. The Labute approximate surface area is 131 Å². The number of rotatable bonds is 3. The average molecular weight is 301 g/mol. The number of carbonyl (C=O) groups is 1. The second-order valence-corrected chi connectivity index (χ2v) is 6.29. The Balaban J connectivity index is 1.78. The van der Waals surface area contributed by atoms with E-state index in [-0.39, 0.29) is 0 Å². The van der Waals surface area contributed by atoms with Crippen molar-refractivity contribution in [3.8, 4) is 0 Å². The summed E-state index contributed by atoms with van der Waals surface area (Å²) in [5.41, 5.74) is 4.25. The summed E-state index contributed by atoms with van der Waals surface area (Å²) in [6.45, 7) is 4.39. The van der Waals surface area contributed by atoms with Gasteiger partial charge in [-0.2, -0.15) is 0 Å². The molecule has 2 heterocycles. The number of piperidine rings is 1. The molecule has 2 aliphatic heterocycles. The number of amides is 1. The second-order valence-electron chi connectivity index (χ2n) is 6.29. The third kappa shape index (κ3) is 3.15. The van der Waals surface area contributed by atoms with Crippen LogP contribution < -0.4 is 15.7 Å². The molecule has 5 nitrogen and oxygen atoms in total. The van der Waals surface area contributed by atoms with Crippen LogP contribution in [0.2, 0.25) is 0 Å². The van der Waals surface area contributed by atoms with E-state index in [1.165, 1.54) is 31.0 Å². The summed E-state index contributed by atoms with van der Waals surface area (Å²) in [6, 6.07) is 8.11. The van der Waals surface area contributed by atoms with E-state index >= 15 is 0 Å². The topological polar surface area (TPSA) is 64.6 Å². The van der Waals surface area contributed by atoms with Gasteiger partial charge in [0.05, 0.1) is 0 Å². The van der Waals surface area contributed by atoms with Crippen LogP contribution in [-0.2, 0) is 4.79 Å². The molecule has 3 N–H and O–H groups in total. The Morgan fingerprint density at radius 2 is 2.05 bits per heavy atom. The first-order valence-electron chi connectivity index (χ1n) is 7.89.